The van der Waals surface area contributed by atoms with Gasteiger partial charge in [0.15, 0.2) is 5.75 Å². The van der Waals surface area contributed by atoms with E-state index < -0.39 is 5.76 Å². The van der Waals surface area contributed by atoms with Crippen LogP contribution in [0.25, 0.3) is 11.5 Å². The number of H-pyrrole nitrogens is 1. The SMILES string of the molecule is O=c1[nH]nc(-c2ccc(CN3CCC[C@@H]3c3cnc4c(c3)OCO4)cc2)o1. The number of benzene rings is 1. The number of likely N-dealkylation sites (tertiary alicyclic amines) is 1. The second-order valence-corrected chi connectivity index (χ2v) is 6.72. The lowest BCUT2D eigenvalue weighted by Gasteiger charge is -2.24. The maximum absolute atomic E-state index is 11.1. The van der Waals surface area contributed by atoms with Crippen molar-refractivity contribution >= 4 is 0 Å². The van der Waals surface area contributed by atoms with Crippen LogP contribution in [0.1, 0.15) is 30.0 Å². The molecule has 0 radical (unpaired) electrons. The summed E-state index contributed by atoms with van der Waals surface area (Å²) in [6, 6.07) is 10.3. The van der Waals surface area contributed by atoms with Gasteiger partial charge >= 0.3 is 5.76 Å². The summed E-state index contributed by atoms with van der Waals surface area (Å²) in [7, 11) is 0. The molecule has 0 unspecified atom stereocenters. The van der Waals surface area contributed by atoms with Gasteiger partial charge in [0.05, 0.1) is 0 Å². The molecule has 0 saturated carbocycles. The number of fused-ring (bicyclic) bond motifs is 1. The van der Waals surface area contributed by atoms with E-state index in [-0.39, 0.29) is 6.79 Å². The van der Waals surface area contributed by atoms with E-state index in [1.54, 1.807) is 0 Å². The molecule has 138 valence electrons. The van der Waals surface area contributed by atoms with Crippen LogP contribution in [-0.2, 0) is 6.54 Å². The average Bonchev–Trinajstić information content (AvgIpc) is 3.42. The third kappa shape index (κ3) is 3.08. The summed E-state index contributed by atoms with van der Waals surface area (Å²) in [5.41, 5.74) is 3.12. The maximum Gasteiger partial charge on any atom is 0.434 e. The number of ether oxygens (including phenoxy) is 2. The lowest BCUT2D eigenvalue weighted by Crippen LogP contribution is -2.22. The fourth-order valence-corrected chi connectivity index (χ4v) is 3.72. The Kier molecular flexibility index (Phi) is 3.90. The van der Waals surface area contributed by atoms with Crippen LogP contribution < -0.4 is 15.2 Å². The quantitative estimate of drug-likeness (QED) is 0.758. The summed E-state index contributed by atoms with van der Waals surface area (Å²) in [5.74, 6) is 1.05. The zero-order chi connectivity index (χ0) is 18.2. The predicted octanol–water partition coefficient (Wildman–Crippen LogP) is 2.49. The summed E-state index contributed by atoms with van der Waals surface area (Å²) in [5, 5.41) is 6.13. The van der Waals surface area contributed by atoms with E-state index in [2.05, 4.69) is 20.1 Å². The molecule has 8 heteroatoms. The highest BCUT2D eigenvalue weighted by Crippen LogP contribution is 2.38. The Morgan fingerprint density at radius 2 is 2.11 bits per heavy atom. The monoisotopic (exact) mass is 366 g/mol. The molecule has 3 aromatic rings. The van der Waals surface area contributed by atoms with Gasteiger partial charge in [0.2, 0.25) is 12.7 Å². The van der Waals surface area contributed by atoms with Gasteiger partial charge in [-0.1, -0.05) is 12.1 Å². The number of aromatic amines is 1. The number of rotatable bonds is 4. The highest BCUT2D eigenvalue weighted by Gasteiger charge is 2.28. The fraction of sp³-hybridized carbons (Fsp3) is 0.316. The Labute approximate surface area is 154 Å². The second kappa shape index (κ2) is 6.55. The zero-order valence-electron chi connectivity index (χ0n) is 14.6. The van der Waals surface area contributed by atoms with E-state index in [0.29, 0.717) is 17.8 Å². The average molecular weight is 366 g/mol. The largest absolute Gasteiger partial charge is 0.452 e. The molecule has 1 aromatic carbocycles. The van der Waals surface area contributed by atoms with Gasteiger partial charge < -0.3 is 13.9 Å². The molecule has 0 amide bonds. The molecule has 0 bridgehead atoms. The molecule has 27 heavy (non-hydrogen) atoms. The topological polar surface area (TPSA) is 93.5 Å². The minimum Gasteiger partial charge on any atom is -0.452 e. The van der Waals surface area contributed by atoms with Crippen molar-refractivity contribution in [3.05, 3.63) is 58.2 Å². The summed E-state index contributed by atoms with van der Waals surface area (Å²) in [6.45, 7) is 2.11. The fourth-order valence-electron chi connectivity index (χ4n) is 3.72. The van der Waals surface area contributed by atoms with E-state index in [1.807, 2.05) is 36.5 Å². The van der Waals surface area contributed by atoms with E-state index in [9.17, 15) is 4.79 Å². The van der Waals surface area contributed by atoms with Crippen LogP contribution in [0.5, 0.6) is 11.6 Å². The van der Waals surface area contributed by atoms with E-state index in [1.165, 1.54) is 5.56 Å². The van der Waals surface area contributed by atoms with Crippen molar-refractivity contribution in [2.24, 2.45) is 0 Å². The summed E-state index contributed by atoms with van der Waals surface area (Å²) >= 11 is 0. The summed E-state index contributed by atoms with van der Waals surface area (Å²) in [4.78, 5) is 17.9. The highest BCUT2D eigenvalue weighted by atomic mass is 16.7. The molecule has 0 spiro atoms. The molecule has 2 aliphatic rings. The molecular weight excluding hydrogens is 348 g/mol. The lowest BCUT2D eigenvalue weighted by atomic mass is 10.1. The minimum atomic E-state index is -0.550. The third-order valence-corrected chi connectivity index (χ3v) is 5.02. The Hall–Kier alpha value is -3.13. The van der Waals surface area contributed by atoms with E-state index in [0.717, 1.165) is 42.8 Å². The smallest absolute Gasteiger partial charge is 0.434 e. The van der Waals surface area contributed by atoms with Gasteiger partial charge in [0.1, 0.15) is 0 Å². The number of hydrogen-bond donors (Lipinski definition) is 1. The zero-order valence-corrected chi connectivity index (χ0v) is 14.6. The van der Waals surface area contributed by atoms with Gasteiger partial charge in [0, 0.05) is 24.3 Å². The molecule has 1 N–H and O–H groups in total. The number of nitrogens with zero attached hydrogens (tertiary/aromatic N) is 3. The molecule has 1 atom stereocenters. The Morgan fingerprint density at radius 1 is 1.22 bits per heavy atom. The van der Waals surface area contributed by atoms with Crippen LogP contribution in [0, 0.1) is 0 Å². The van der Waals surface area contributed by atoms with Gasteiger partial charge in [-0.05, 0) is 48.7 Å². The number of hydrogen-bond acceptors (Lipinski definition) is 7. The molecular formula is C19H18N4O4. The normalized spacial score (nSPS) is 18.9. The second-order valence-electron chi connectivity index (χ2n) is 6.72. The van der Waals surface area contributed by atoms with Gasteiger partial charge in [-0.3, -0.25) is 4.90 Å². The van der Waals surface area contributed by atoms with Gasteiger partial charge in [-0.15, -0.1) is 5.10 Å². The first-order valence-corrected chi connectivity index (χ1v) is 8.91. The first-order chi connectivity index (χ1) is 13.3. The predicted molar refractivity (Wildman–Crippen MR) is 95.3 cm³/mol. The van der Waals surface area contributed by atoms with E-state index in [4.69, 9.17) is 13.9 Å². The standard InChI is InChI=1S/C19H18N4O4/c24-19-22-21-17(27-19)13-5-3-12(4-6-13)10-23-7-1-2-15(23)14-8-16-18(20-9-14)26-11-25-16/h3-6,8-9,15H,1-2,7,10-11H2,(H,22,24)/t15-/m1/s1. The Morgan fingerprint density at radius 3 is 2.93 bits per heavy atom. The summed E-state index contributed by atoms with van der Waals surface area (Å²) < 4.78 is 15.8. The summed E-state index contributed by atoms with van der Waals surface area (Å²) in [6.07, 6.45) is 4.13. The number of nitrogens with one attached hydrogen (secondary N) is 1. The molecule has 1 fully saturated rings. The first-order valence-electron chi connectivity index (χ1n) is 8.91. The lowest BCUT2D eigenvalue weighted by molar-refractivity contribution is 0.171. The third-order valence-electron chi connectivity index (χ3n) is 5.02. The van der Waals surface area contributed by atoms with Crippen molar-refractivity contribution < 1.29 is 13.9 Å². The molecule has 2 aromatic heterocycles. The maximum atomic E-state index is 11.1. The van der Waals surface area contributed by atoms with Crippen LogP contribution in [0.4, 0.5) is 0 Å². The van der Waals surface area contributed by atoms with Crippen LogP contribution in [0.15, 0.2) is 45.7 Å². The molecule has 4 heterocycles. The van der Waals surface area contributed by atoms with Crippen LogP contribution in [-0.4, -0.2) is 33.4 Å². The van der Waals surface area contributed by atoms with Crippen molar-refractivity contribution in [3.63, 3.8) is 0 Å². The van der Waals surface area contributed by atoms with Gasteiger partial charge in [-0.2, -0.15) is 0 Å². The first kappa shape index (κ1) is 16.1. The number of aromatic nitrogens is 3. The van der Waals surface area contributed by atoms with Crippen molar-refractivity contribution in [3.8, 4) is 23.1 Å². The van der Waals surface area contributed by atoms with Crippen LogP contribution in [0.2, 0.25) is 0 Å². The van der Waals surface area contributed by atoms with Gasteiger partial charge in [-0.25, -0.2) is 14.9 Å². The van der Waals surface area contributed by atoms with E-state index >= 15 is 0 Å². The van der Waals surface area contributed by atoms with Crippen molar-refractivity contribution in [2.45, 2.75) is 25.4 Å². The van der Waals surface area contributed by atoms with Crippen molar-refractivity contribution in [1.29, 1.82) is 0 Å². The van der Waals surface area contributed by atoms with Crippen LogP contribution in [0.3, 0.4) is 0 Å². The van der Waals surface area contributed by atoms with Gasteiger partial charge in [0.25, 0.3) is 5.88 Å². The molecule has 5 rings (SSSR count). The number of pyridine rings is 1. The van der Waals surface area contributed by atoms with Crippen molar-refractivity contribution in [1.82, 2.24) is 20.1 Å². The van der Waals surface area contributed by atoms with Crippen molar-refractivity contribution in [2.75, 3.05) is 13.3 Å². The molecule has 0 aliphatic carbocycles. The Bertz CT molecular complexity index is 1010. The Balaban J connectivity index is 1.33. The molecule has 1 saturated heterocycles. The molecule has 8 nitrogen and oxygen atoms in total. The van der Waals surface area contributed by atoms with Crippen LogP contribution >= 0.6 is 0 Å². The molecule has 2 aliphatic heterocycles. The highest BCUT2D eigenvalue weighted by molar-refractivity contribution is 5.52. The minimum absolute atomic E-state index is 0.239.